The molecule has 15 heteroatoms. The van der Waals surface area contributed by atoms with Crippen LogP contribution in [-0.4, -0.2) is 142 Å². The number of carbonyl (C=O) groups excluding carboxylic acids is 2. The van der Waals surface area contributed by atoms with E-state index >= 15 is 0 Å². The summed E-state index contributed by atoms with van der Waals surface area (Å²) in [4.78, 5) is 25.9. The standard InChI is InChI=1S/C60H114O15/c1-3-5-7-9-11-13-15-17-19-20-21-22-23-24-25-26-27-29-31-33-35-37-39-41-43-52(63)73-48(45-70-51(62)42-40-38-36-34-32-30-28-18-16-14-12-10-8-6-4-2)46-71-59-58(69)56(67)54(65)50(75-59)47-72-60-57(68)55(66)53(64)49(44-61)74-60/h48-50,53-61,64-69H,3-47H2,1-2H3. The minimum atomic E-state index is -1.76. The molecule has 0 aromatic rings. The summed E-state index contributed by atoms with van der Waals surface area (Å²) in [6, 6.07) is 0. The number of hydrogen-bond donors (Lipinski definition) is 7. The number of aliphatic hydroxyl groups excluding tert-OH is 7. The van der Waals surface area contributed by atoms with Crippen LogP contribution in [-0.2, 0) is 38.0 Å². The zero-order valence-corrected chi connectivity index (χ0v) is 47.6. The molecule has 2 saturated heterocycles. The van der Waals surface area contributed by atoms with E-state index in [0.717, 1.165) is 38.5 Å². The fourth-order valence-corrected chi connectivity index (χ4v) is 10.3. The molecule has 0 amide bonds. The maximum absolute atomic E-state index is 13.1. The summed E-state index contributed by atoms with van der Waals surface area (Å²) in [5.41, 5.74) is 0. The molecule has 0 bridgehead atoms. The van der Waals surface area contributed by atoms with E-state index in [0.29, 0.717) is 12.8 Å². The molecule has 0 spiro atoms. The molecule has 7 N–H and O–H groups in total. The second kappa shape index (κ2) is 47.3. The normalized spacial score (nSPS) is 24.4. The van der Waals surface area contributed by atoms with Crippen molar-refractivity contribution in [3.8, 4) is 0 Å². The van der Waals surface area contributed by atoms with Gasteiger partial charge in [0.15, 0.2) is 18.7 Å². The lowest BCUT2D eigenvalue weighted by Gasteiger charge is -2.42. The van der Waals surface area contributed by atoms with Gasteiger partial charge in [-0.1, -0.05) is 251 Å². The van der Waals surface area contributed by atoms with Crippen LogP contribution in [0.5, 0.6) is 0 Å². The Kier molecular flexibility index (Phi) is 43.9. The Hall–Kier alpha value is -1.50. The van der Waals surface area contributed by atoms with E-state index in [4.69, 9.17) is 28.4 Å². The van der Waals surface area contributed by atoms with Gasteiger partial charge >= 0.3 is 11.9 Å². The van der Waals surface area contributed by atoms with Crippen LogP contribution in [0.2, 0.25) is 0 Å². The average molecular weight is 1080 g/mol. The molecule has 2 fully saturated rings. The van der Waals surface area contributed by atoms with Gasteiger partial charge in [0, 0.05) is 12.8 Å². The lowest BCUT2D eigenvalue weighted by molar-refractivity contribution is -0.332. The molecule has 0 aromatic carbocycles. The van der Waals surface area contributed by atoms with Crippen molar-refractivity contribution < 1.29 is 73.8 Å². The van der Waals surface area contributed by atoms with Crippen molar-refractivity contribution in [1.82, 2.24) is 0 Å². The summed E-state index contributed by atoms with van der Waals surface area (Å²) >= 11 is 0. The molecule has 0 radical (unpaired) electrons. The van der Waals surface area contributed by atoms with Crippen molar-refractivity contribution in [2.75, 3.05) is 26.4 Å². The highest BCUT2D eigenvalue weighted by atomic mass is 16.7. The predicted molar refractivity (Wildman–Crippen MR) is 294 cm³/mol. The van der Waals surface area contributed by atoms with E-state index in [1.807, 2.05) is 0 Å². The molecule has 11 unspecified atom stereocenters. The first-order chi connectivity index (χ1) is 36.5. The van der Waals surface area contributed by atoms with E-state index in [2.05, 4.69) is 13.8 Å². The third-order valence-corrected chi connectivity index (χ3v) is 15.3. The fourth-order valence-electron chi connectivity index (χ4n) is 10.3. The molecule has 0 aliphatic carbocycles. The van der Waals surface area contributed by atoms with Crippen molar-refractivity contribution in [2.45, 2.75) is 345 Å². The molecular formula is C60H114O15. The average Bonchev–Trinajstić information content (AvgIpc) is 3.40. The molecule has 15 nitrogen and oxygen atoms in total. The lowest BCUT2D eigenvalue weighted by Crippen LogP contribution is -2.61. The largest absolute Gasteiger partial charge is 0.462 e. The number of ether oxygens (including phenoxy) is 6. The third kappa shape index (κ3) is 34.3. The van der Waals surface area contributed by atoms with Gasteiger partial charge in [0.1, 0.15) is 55.4 Å². The quantitative estimate of drug-likeness (QED) is 0.0222. The van der Waals surface area contributed by atoms with Crippen molar-refractivity contribution >= 4 is 11.9 Å². The summed E-state index contributed by atoms with van der Waals surface area (Å²) in [6.45, 7) is 2.67. The van der Waals surface area contributed by atoms with Crippen LogP contribution < -0.4 is 0 Å². The summed E-state index contributed by atoms with van der Waals surface area (Å²) in [5, 5.41) is 72.3. The van der Waals surface area contributed by atoms with Crippen molar-refractivity contribution in [3.63, 3.8) is 0 Å². The number of aliphatic hydroxyl groups is 7. The van der Waals surface area contributed by atoms with Gasteiger partial charge in [-0.05, 0) is 12.8 Å². The second-order valence-corrected chi connectivity index (χ2v) is 22.3. The molecule has 2 rings (SSSR count). The maximum Gasteiger partial charge on any atom is 0.306 e. The highest BCUT2D eigenvalue weighted by molar-refractivity contribution is 5.70. The summed E-state index contributed by atoms with van der Waals surface area (Å²) in [7, 11) is 0. The minimum Gasteiger partial charge on any atom is -0.462 e. The Bertz CT molecular complexity index is 1310. The Morgan fingerprint density at radius 2 is 0.680 bits per heavy atom. The van der Waals surface area contributed by atoms with Gasteiger partial charge in [-0.3, -0.25) is 9.59 Å². The van der Waals surface area contributed by atoms with E-state index in [9.17, 15) is 45.3 Å². The Balaban J connectivity index is 1.70. The first-order valence-electron chi connectivity index (χ1n) is 31.1. The predicted octanol–water partition coefficient (Wildman–Crippen LogP) is 11.1. The molecule has 0 saturated carbocycles. The van der Waals surface area contributed by atoms with Gasteiger partial charge in [0.05, 0.1) is 19.8 Å². The fraction of sp³-hybridized carbons (Fsp3) is 0.967. The van der Waals surface area contributed by atoms with Crippen LogP contribution in [0.4, 0.5) is 0 Å². The van der Waals surface area contributed by atoms with E-state index < -0.39 is 92.7 Å². The molecule has 444 valence electrons. The van der Waals surface area contributed by atoms with Crippen molar-refractivity contribution in [1.29, 1.82) is 0 Å². The van der Waals surface area contributed by atoms with Crippen LogP contribution in [0.25, 0.3) is 0 Å². The SMILES string of the molecule is CCCCCCCCCCCCCCCCCCCCCCCCCCC(=O)OC(COC(=O)CCCCCCCCCCCCCCCCC)COC1OC(COC2OC(CO)C(O)C(O)C2O)C(O)C(O)C1O. The smallest absolute Gasteiger partial charge is 0.306 e. The number of rotatable bonds is 51. The molecule has 2 aliphatic heterocycles. The minimum absolute atomic E-state index is 0.174. The Morgan fingerprint density at radius 3 is 1.04 bits per heavy atom. The third-order valence-electron chi connectivity index (χ3n) is 15.3. The molecule has 75 heavy (non-hydrogen) atoms. The molecular weight excluding hydrogens is 961 g/mol. The van der Waals surface area contributed by atoms with Crippen molar-refractivity contribution in [2.24, 2.45) is 0 Å². The Morgan fingerprint density at radius 1 is 0.373 bits per heavy atom. The molecule has 0 aromatic heterocycles. The van der Waals surface area contributed by atoms with Crippen LogP contribution in [0.3, 0.4) is 0 Å². The van der Waals surface area contributed by atoms with Crippen LogP contribution in [0.15, 0.2) is 0 Å². The first-order valence-corrected chi connectivity index (χ1v) is 31.1. The summed E-state index contributed by atoms with van der Waals surface area (Å²) < 4.78 is 33.8. The number of hydrogen-bond acceptors (Lipinski definition) is 15. The maximum atomic E-state index is 13.1. The number of unbranched alkanes of at least 4 members (excludes halogenated alkanes) is 37. The van der Waals surface area contributed by atoms with Gasteiger partial charge < -0.3 is 64.2 Å². The van der Waals surface area contributed by atoms with Gasteiger partial charge in [-0.15, -0.1) is 0 Å². The Labute approximate surface area is 455 Å². The second-order valence-electron chi connectivity index (χ2n) is 22.3. The van der Waals surface area contributed by atoms with Crippen LogP contribution in [0, 0.1) is 0 Å². The van der Waals surface area contributed by atoms with Gasteiger partial charge in [0.25, 0.3) is 0 Å². The van der Waals surface area contributed by atoms with Crippen LogP contribution >= 0.6 is 0 Å². The summed E-state index contributed by atoms with van der Waals surface area (Å²) in [5.74, 6) is -0.902. The summed E-state index contributed by atoms with van der Waals surface area (Å²) in [6.07, 6.45) is 32.7. The van der Waals surface area contributed by atoms with E-state index in [1.165, 1.54) is 199 Å². The van der Waals surface area contributed by atoms with E-state index in [1.54, 1.807) is 0 Å². The first kappa shape index (κ1) is 69.6. The topological polar surface area (TPSA) is 231 Å². The lowest BCUT2D eigenvalue weighted by atomic mass is 9.98. The number of carbonyl (C=O) groups is 2. The zero-order chi connectivity index (χ0) is 54.6. The highest BCUT2D eigenvalue weighted by Gasteiger charge is 2.47. The molecule has 11 atom stereocenters. The highest BCUT2D eigenvalue weighted by Crippen LogP contribution is 2.27. The monoisotopic (exact) mass is 1070 g/mol. The zero-order valence-electron chi connectivity index (χ0n) is 47.6. The number of esters is 2. The van der Waals surface area contributed by atoms with E-state index in [-0.39, 0.29) is 26.1 Å². The van der Waals surface area contributed by atoms with Crippen molar-refractivity contribution in [3.05, 3.63) is 0 Å². The van der Waals surface area contributed by atoms with Gasteiger partial charge in [-0.2, -0.15) is 0 Å². The van der Waals surface area contributed by atoms with Gasteiger partial charge in [0.2, 0.25) is 0 Å². The van der Waals surface area contributed by atoms with Gasteiger partial charge in [-0.25, -0.2) is 0 Å². The van der Waals surface area contributed by atoms with Crippen LogP contribution in [0.1, 0.15) is 277 Å². The molecule has 2 aliphatic rings. The molecule has 2 heterocycles.